The van der Waals surface area contributed by atoms with E-state index in [9.17, 15) is 5.11 Å². The summed E-state index contributed by atoms with van der Waals surface area (Å²) < 4.78 is 11.4. The third-order valence-electron chi connectivity index (χ3n) is 3.66. The smallest absolute Gasteiger partial charge is 0.142 e. The Kier molecular flexibility index (Phi) is 4.51. The van der Waals surface area contributed by atoms with Crippen LogP contribution in [0.2, 0.25) is 0 Å². The first-order valence-electron chi connectivity index (χ1n) is 6.25. The van der Waals surface area contributed by atoms with Crippen molar-refractivity contribution in [3.8, 4) is 11.5 Å². The first-order valence-corrected chi connectivity index (χ1v) is 7.05. The maximum atomic E-state index is 10.3. The largest absolute Gasteiger partial charge is 0.495 e. The highest BCUT2D eigenvalue weighted by atomic mass is 79.9. The Bertz CT molecular complexity index is 416. The minimum absolute atomic E-state index is 0.465. The molecule has 1 N–H and O–H groups in total. The lowest BCUT2D eigenvalue weighted by Crippen LogP contribution is -2.15. The van der Waals surface area contributed by atoms with E-state index in [1.54, 1.807) is 14.2 Å². The first-order chi connectivity index (χ1) is 8.67. The molecular formula is C14H19BrO3. The molecule has 0 amide bonds. The van der Waals surface area contributed by atoms with Gasteiger partial charge in [-0.1, -0.05) is 19.3 Å². The van der Waals surface area contributed by atoms with E-state index in [1.165, 1.54) is 19.3 Å². The highest BCUT2D eigenvalue weighted by Gasteiger charge is 2.25. The Hall–Kier alpha value is -0.740. The fourth-order valence-corrected chi connectivity index (χ4v) is 3.04. The van der Waals surface area contributed by atoms with Crippen molar-refractivity contribution in [1.82, 2.24) is 0 Å². The number of ether oxygens (including phenoxy) is 2. The molecule has 1 unspecified atom stereocenters. The average molecular weight is 315 g/mol. The van der Waals surface area contributed by atoms with Crippen molar-refractivity contribution >= 4 is 15.9 Å². The normalized spacial score (nSPS) is 17.1. The van der Waals surface area contributed by atoms with Crippen molar-refractivity contribution in [3.05, 3.63) is 22.2 Å². The second-order valence-corrected chi connectivity index (χ2v) is 5.55. The topological polar surface area (TPSA) is 38.7 Å². The van der Waals surface area contributed by atoms with Crippen molar-refractivity contribution in [2.24, 2.45) is 5.92 Å². The van der Waals surface area contributed by atoms with Crippen LogP contribution in [0.1, 0.15) is 37.4 Å². The van der Waals surface area contributed by atoms with Crippen molar-refractivity contribution < 1.29 is 14.6 Å². The molecule has 1 aromatic carbocycles. The van der Waals surface area contributed by atoms with E-state index in [0.717, 1.165) is 16.5 Å². The summed E-state index contributed by atoms with van der Waals surface area (Å²) >= 11 is 3.46. The van der Waals surface area contributed by atoms with E-state index in [4.69, 9.17) is 9.47 Å². The molecule has 0 radical (unpaired) electrons. The summed E-state index contributed by atoms with van der Waals surface area (Å²) in [5.41, 5.74) is 0.831. The predicted molar refractivity (Wildman–Crippen MR) is 74.2 cm³/mol. The molecule has 100 valence electrons. The zero-order valence-electron chi connectivity index (χ0n) is 10.8. The molecule has 1 saturated carbocycles. The van der Waals surface area contributed by atoms with Crippen LogP contribution in [0.4, 0.5) is 0 Å². The summed E-state index contributed by atoms with van der Waals surface area (Å²) in [5, 5.41) is 10.3. The van der Waals surface area contributed by atoms with Crippen LogP contribution in [0.25, 0.3) is 0 Å². The van der Waals surface area contributed by atoms with Gasteiger partial charge in [-0.25, -0.2) is 0 Å². The fraction of sp³-hybridized carbons (Fsp3) is 0.571. The Morgan fingerprint density at radius 2 is 2.06 bits per heavy atom. The maximum Gasteiger partial charge on any atom is 0.142 e. The molecule has 0 saturated heterocycles. The Labute approximate surface area is 116 Å². The lowest BCUT2D eigenvalue weighted by molar-refractivity contribution is 0.115. The Morgan fingerprint density at radius 1 is 1.33 bits per heavy atom. The van der Waals surface area contributed by atoms with Gasteiger partial charge < -0.3 is 14.6 Å². The monoisotopic (exact) mass is 314 g/mol. The minimum Gasteiger partial charge on any atom is -0.495 e. The van der Waals surface area contributed by atoms with Crippen LogP contribution in [0, 0.1) is 5.92 Å². The summed E-state index contributed by atoms with van der Waals surface area (Å²) in [5.74, 6) is 2.04. The fourth-order valence-electron chi connectivity index (χ4n) is 2.35. The van der Waals surface area contributed by atoms with E-state index in [-0.39, 0.29) is 0 Å². The van der Waals surface area contributed by atoms with Crippen LogP contribution in [-0.4, -0.2) is 19.3 Å². The van der Waals surface area contributed by atoms with Gasteiger partial charge in [0.05, 0.1) is 20.3 Å². The van der Waals surface area contributed by atoms with Crippen molar-refractivity contribution in [2.75, 3.05) is 14.2 Å². The number of rotatable bonds is 5. The molecule has 0 aromatic heterocycles. The number of hydrogen-bond donors (Lipinski definition) is 1. The van der Waals surface area contributed by atoms with Crippen LogP contribution >= 0.6 is 15.9 Å². The first kappa shape index (κ1) is 13.7. The summed E-state index contributed by atoms with van der Waals surface area (Å²) in [6.07, 6.45) is 4.11. The Morgan fingerprint density at radius 3 is 2.56 bits per heavy atom. The molecule has 1 aliphatic rings. The van der Waals surface area contributed by atoms with Gasteiger partial charge in [-0.2, -0.15) is 0 Å². The number of methoxy groups -OCH3 is 2. The van der Waals surface area contributed by atoms with Gasteiger partial charge >= 0.3 is 0 Å². The second-order valence-electron chi connectivity index (χ2n) is 4.75. The van der Waals surface area contributed by atoms with E-state index in [2.05, 4.69) is 15.9 Å². The molecular weight excluding hydrogens is 296 g/mol. The SMILES string of the molecule is COc1ccc(C(O)CC2CCC2)c(OC)c1Br. The molecule has 0 heterocycles. The van der Waals surface area contributed by atoms with E-state index in [0.29, 0.717) is 17.4 Å². The number of benzene rings is 1. The molecule has 0 aliphatic heterocycles. The Balaban J connectivity index is 2.22. The van der Waals surface area contributed by atoms with Gasteiger partial charge in [-0.15, -0.1) is 0 Å². The molecule has 3 nitrogen and oxygen atoms in total. The molecule has 1 aliphatic carbocycles. The predicted octanol–water partition coefficient (Wildman–Crippen LogP) is 3.69. The highest BCUT2D eigenvalue weighted by molar-refractivity contribution is 9.10. The second kappa shape index (κ2) is 5.93. The maximum absolute atomic E-state index is 10.3. The standard InChI is InChI=1S/C14H19BrO3/c1-17-12-7-6-10(14(18-2)13(12)15)11(16)8-9-4-3-5-9/h6-7,9,11,16H,3-5,8H2,1-2H3. The quantitative estimate of drug-likeness (QED) is 0.900. The van der Waals surface area contributed by atoms with Crippen molar-refractivity contribution in [1.29, 1.82) is 0 Å². The van der Waals surface area contributed by atoms with Gasteiger partial charge in [0.25, 0.3) is 0 Å². The van der Waals surface area contributed by atoms with Gasteiger partial charge in [0.1, 0.15) is 16.0 Å². The highest BCUT2D eigenvalue weighted by Crippen LogP contribution is 2.42. The van der Waals surface area contributed by atoms with Crippen LogP contribution < -0.4 is 9.47 Å². The van der Waals surface area contributed by atoms with Crippen LogP contribution in [0.5, 0.6) is 11.5 Å². The number of halogens is 1. The third-order valence-corrected chi connectivity index (χ3v) is 4.41. The number of hydrogen-bond acceptors (Lipinski definition) is 3. The molecule has 1 fully saturated rings. The lowest BCUT2D eigenvalue weighted by atomic mass is 9.80. The van der Waals surface area contributed by atoms with Gasteiger partial charge in [-0.3, -0.25) is 0 Å². The molecule has 4 heteroatoms. The van der Waals surface area contributed by atoms with Gasteiger partial charge in [0, 0.05) is 5.56 Å². The van der Waals surface area contributed by atoms with Gasteiger partial charge in [-0.05, 0) is 40.4 Å². The summed E-state index contributed by atoms with van der Waals surface area (Å²) in [7, 11) is 3.23. The molecule has 2 rings (SSSR count). The summed E-state index contributed by atoms with van der Waals surface area (Å²) in [6.45, 7) is 0. The van der Waals surface area contributed by atoms with Crippen molar-refractivity contribution in [2.45, 2.75) is 31.8 Å². The summed E-state index contributed by atoms with van der Waals surface area (Å²) in [6, 6.07) is 3.73. The average Bonchev–Trinajstić information content (AvgIpc) is 2.33. The van der Waals surface area contributed by atoms with Gasteiger partial charge in [0.15, 0.2) is 0 Å². The zero-order valence-corrected chi connectivity index (χ0v) is 12.4. The van der Waals surface area contributed by atoms with Crippen molar-refractivity contribution in [3.63, 3.8) is 0 Å². The van der Waals surface area contributed by atoms with E-state index >= 15 is 0 Å². The third kappa shape index (κ3) is 2.64. The zero-order chi connectivity index (χ0) is 13.1. The molecule has 0 bridgehead atoms. The number of aliphatic hydroxyl groups is 1. The number of aliphatic hydroxyl groups excluding tert-OH is 1. The van der Waals surface area contributed by atoms with Crippen LogP contribution in [0.3, 0.4) is 0 Å². The lowest BCUT2D eigenvalue weighted by Gasteiger charge is -2.28. The van der Waals surface area contributed by atoms with Gasteiger partial charge in [0.2, 0.25) is 0 Å². The molecule has 1 atom stereocenters. The molecule has 0 spiro atoms. The summed E-state index contributed by atoms with van der Waals surface area (Å²) in [4.78, 5) is 0. The van der Waals surface area contributed by atoms with E-state index in [1.807, 2.05) is 12.1 Å². The van der Waals surface area contributed by atoms with Crippen LogP contribution in [-0.2, 0) is 0 Å². The molecule has 18 heavy (non-hydrogen) atoms. The molecule has 1 aromatic rings. The van der Waals surface area contributed by atoms with Crippen LogP contribution in [0.15, 0.2) is 16.6 Å². The van der Waals surface area contributed by atoms with E-state index < -0.39 is 6.10 Å². The minimum atomic E-state index is -0.465.